The monoisotopic (exact) mass is 339 g/mol. The lowest BCUT2D eigenvalue weighted by atomic mass is 10.2. The summed E-state index contributed by atoms with van der Waals surface area (Å²) in [6.07, 6.45) is 3.50. The number of thioether (sulfide) groups is 1. The van der Waals surface area contributed by atoms with Crippen molar-refractivity contribution in [3.63, 3.8) is 0 Å². The number of aliphatic imine (C=N–C) groups is 1. The summed E-state index contributed by atoms with van der Waals surface area (Å²) >= 11 is 7.56. The molecule has 2 aromatic rings. The summed E-state index contributed by atoms with van der Waals surface area (Å²) in [4.78, 5) is 5.23. The molecule has 3 nitrogen and oxygen atoms in total. The van der Waals surface area contributed by atoms with Crippen LogP contribution in [-0.4, -0.2) is 26.7 Å². The van der Waals surface area contributed by atoms with E-state index in [4.69, 9.17) is 21.1 Å². The zero-order valence-electron chi connectivity index (χ0n) is 12.4. The molecule has 0 fully saturated rings. The van der Waals surface area contributed by atoms with Crippen LogP contribution in [0.3, 0.4) is 0 Å². The Morgan fingerprint density at radius 3 is 2.59 bits per heavy atom. The molecule has 0 atom stereocenters. The normalized spacial score (nSPS) is 11.0. The van der Waals surface area contributed by atoms with Gasteiger partial charge in [-0.3, -0.25) is 4.99 Å². The number of nitrogens with zero attached hydrogens (tertiary/aromatic N) is 1. The summed E-state index contributed by atoms with van der Waals surface area (Å²) in [5.41, 5.74) is 1.21. The van der Waals surface area contributed by atoms with Crippen LogP contribution in [-0.2, 0) is 0 Å². The first-order valence-corrected chi connectivity index (χ1v) is 7.98. The van der Waals surface area contributed by atoms with E-state index < -0.39 is 0 Å². The molecular formula is C16H15ClFNO2S. The number of hydrogen-bond donors (Lipinski definition) is 0. The van der Waals surface area contributed by atoms with Gasteiger partial charge in [-0.2, -0.15) is 0 Å². The SMILES string of the molecule is COc1cc(Cl)cc(C=Nc2cc(F)ccc2SC)c1OC. The fraction of sp³-hybridized carbons (Fsp3) is 0.188. The maximum absolute atomic E-state index is 13.4. The van der Waals surface area contributed by atoms with Crippen LogP contribution in [0.15, 0.2) is 40.2 Å². The van der Waals surface area contributed by atoms with Crippen LogP contribution in [0.5, 0.6) is 11.5 Å². The number of hydrogen-bond acceptors (Lipinski definition) is 4. The first-order valence-electron chi connectivity index (χ1n) is 6.38. The highest BCUT2D eigenvalue weighted by Crippen LogP contribution is 2.34. The van der Waals surface area contributed by atoms with Crippen molar-refractivity contribution < 1.29 is 13.9 Å². The molecule has 6 heteroatoms. The van der Waals surface area contributed by atoms with Crippen molar-refractivity contribution in [2.24, 2.45) is 4.99 Å². The molecule has 0 aliphatic carbocycles. The van der Waals surface area contributed by atoms with Gasteiger partial charge < -0.3 is 9.47 Å². The van der Waals surface area contributed by atoms with Crippen LogP contribution in [0, 0.1) is 5.82 Å². The number of methoxy groups -OCH3 is 2. The van der Waals surface area contributed by atoms with Gasteiger partial charge in [-0.15, -0.1) is 11.8 Å². The van der Waals surface area contributed by atoms with Crippen LogP contribution < -0.4 is 9.47 Å². The molecule has 0 saturated heterocycles. The summed E-state index contributed by atoms with van der Waals surface area (Å²) in [5, 5.41) is 0.503. The van der Waals surface area contributed by atoms with Gasteiger partial charge in [-0.25, -0.2) is 4.39 Å². The van der Waals surface area contributed by atoms with Crippen LogP contribution >= 0.6 is 23.4 Å². The van der Waals surface area contributed by atoms with Gasteiger partial charge >= 0.3 is 0 Å². The van der Waals surface area contributed by atoms with Crippen molar-refractivity contribution in [3.8, 4) is 11.5 Å². The van der Waals surface area contributed by atoms with Gasteiger partial charge in [0.05, 0.1) is 19.9 Å². The van der Waals surface area contributed by atoms with Crippen molar-refractivity contribution in [2.45, 2.75) is 4.90 Å². The number of benzene rings is 2. The summed E-state index contributed by atoms with van der Waals surface area (Å²) in [6, 6.07) is 7.87. The third kappa shape index (κ3) is 3.72. The third-order valence-corrected chi connectivity index (χ3v) is 3.96. The first kappa shape index (κ1) is 16.6. The van der Waals surface area contributed by atoms with E-state index in [0.717, 1.165) is 4.90 Å². The molecule has 0 heterocycles. The van der Waals surface area contributed by atoms with Crippen molar-refractivity contribution >= 4 is 35.3 Å². The highest BCUT2D eigenvalue weighted by Gasteiger charge is 2.11. The van der Waals surface area contributed by atoms with Gasteiger partial charge in [0, 0.05) is 33.8 Å². The fourth-order valence-electron chi connectivity index (χ4n) is 1.96. The summed E-state index contributed by atoms with van der Waals surface area (Å²) in [7, 11) is 3.08. The van der Waals surface area contributed by atoms with Crippen molar-refractivity contribution in [1.82, 2.24) is 0 Å². The topological polar surface area (TPSA) is 30.8 Å². The molecule has 22 heavy (non-hydrogen) atoms. The van der Waals surface area contributed by atoms with E-state index in [1.807, 2.05) is 6.26 Å². The highest BCUT2D eigenvalue weighted by molar-refractivity contribution is 7.98. The molecule has 0 unspecified atom stereocenters. The predicted octanol–water partition coefficient (Wildman–Crippen LogP) is 4.97. The number of halogens is 2. The molecule has 0 amide bonds. The van der Waals surface area contributed by atoms with Gasteiger partial charge in [0.1, 0.15) is 5.82 Å². The van der Waals surface area contributed by atoms with Crippen LogP contribution in [0.2, 0.25) is 5.02 Å². The van der Waals surface area contributed by atoms with Gasteiger partial charge in [0.25, 0.3) is 0 Å². The average molecular weight is 340 g/mol. The molecule has 0 spiro atoms. The van der Waals surface area contributed by atoms with Gasteiger partial charge in [0.2, 0.25) is 0 Å². The van der Waals surface area contributed by atoms with E-state index >= 15 is 0 Å². The summed E-state index contributed by atoms with van der Waals surface area (Å²) in [6.45, 7) is 0. The Kier molecular flexibility index (Phi) is 5.69. The van der Waals surface area contributed by atoms with Gasteiger partial charge in [-0.05, 0) is 24.5 Å². The molecule has 116 valence electrons. The molecule has 0 aliphatic heterocycles. The second-order valence-electron chi connectivity index (χ2n) is 4.30. The Morgan fingerprint density at radius 1 is 1.18 bits per heavy atom. The Hall–Kier alpha value is -1.72. The van der Waals surface area contributed by atoms with Gasteiger partial charge in [-0.1, -0.05) is 11.6 Å². The average Bonchev–Trinajstić information content (AvgIpc) is 2.52. The molecule has 0 aromatic heterocycles. The largest absolute Gasteiger partial charge is 0.493 e. The maximum Gasteiger partial charge on any atom is 0.169 e. The quantitative estimate of drug-likeness (QED) is 0.569. The van der Waals surface area contributed by atoms with Crippen molar-refractivity contribution in [1.29, 1.82) is 0 Å². The van der Waals surface area contributed by atoms with E-state index in [-0.39, 0.29) is 5.82 Å². The molecule has 0 radical (unpaired) electrons. The van der Waals surface area contributed by atoms with E-state index in [2.05, 4.69) is 4.99 Å². The fourth-order valence-corrected chi connectivity index (χ4v) is 2.70. The molecule has 0 saturated carbocycles. The number of ether oxygens (including phenoxy) is 2. The second-order valence-corrected chi connectivity index (χ2v) is 5.59. The standard InChI is InChI=1S/C16H15ClFNO2S/c1-20-14-7-11(17)6-10(16(14)21-2)9-19-13-8-12(18)4-5-15(13)22-3/h4-9H,1-3H3. The smallest absolute Gasteiger partial charge is 0.169 e. The molecule has 0 bridgehead atoms. The van der Waals surface area contributed by atoms with Gasteiger partial charge in [0.15, 0.2) is 11.5 Å². The van der Waals surface area contributed by atoms with Crippen LogP contribution in [0.1, 0.15) is 5.56 Å². The minimum atomic E-state index is -0.333. The Bertz CT molecular complexity index is 707. The zero-order chi connectivity index (χ0) is 16.1. The van der Waals surface area contributed by atoms with Crippen LogP contribution in [0.4, 0.5) is 10.1 Å². The Morgan fingerprint density at radius 2 is 1.95 bits per heavy atom. The van der Waals surface area contributed by atoms with E-state index in [9.17, 15) is 4.39 Å². The molecule has 2 aromatic carbocycles. The molecular weight excluding hydrogens is 325 g/mol. The third-order valence-electron chi connectivity index (χ3n) is 2.96. The number of rotatable bonds is 5. The maximum atomic E-state index is 13.4. The molecule has 2 rings (SSSR count). The van der Waals surface area contributed by atoms with E-state index in [1.54, 1.807) is 31.5 Å². The van der Waals surface area contributed by atoms with E-state index in [1.165, 1.54) is 31.0 Å². The highest BCUT2D eigenvalue weighted by atomic mass is 35.5. The van der Waals surface area contributed by atoms with E-state index in [0.29, 0.717) is 27.8 Å². The summed E-state index contributed by atoms with van der Waals surface area (Å²) in [5.74, 6) is 0.708. The zero-order valence-corrected chi connectivity index (χ0v) is 14.0. The second kappa shape index (κ2) is 7.51. The lowest BCUT2D eigenvalue weighted by Crippen LogP contribution is -1.95. The Labute approximate surface area is 138 Å². The lowest BCUT2D eigenvalue weighted by molar-refractivity contribution is 0.354. The minimum absolute atomic E-state index is 0.333. The summed E-state index contributed by atoms with van der Waals surface area (Å²) < 4.78 is 24.0. The predicted molar refractivity (Wildman–Crippen MR) is 90.0 cm³/mol. The molecule has 0 aliphatic rings. The minimum Gasteiger partial charge on any atom is -0.493 e. The Balaban J connectivity index is 2.46. The van der Waals surface area contributed by atoms with Crippen molar-refractivity contribution in [3.05, 3.63) is 46.7 Å². The lowest BCUT2D eigenvalue weighted by Gasteiger charge is -2.11. The molecule has 0 N–H and O–H groups in total. The first-order chi connectivity index (χ1) is 10.6. The van der Waals surface area contributed by atoms with Crippen LogP contribution in [0.25, 0.3) is 0 Å². The van der Waals surface area contributed by atoms with Crippen molar-refractivity contribution in [2.75, 3.05) is 20.5 Å².